The number of aromatic nitrogens is 5. The van der Waals surface area contributed by atoms with E-state index < -0.39 is 0 Å². The van der Waals surface area contributed by atoms with Crippen molar-refractivity contribution in [2.24, 2.45) is 7.05 Å². The van der Waals surface area contributed by atoms with Gasteiger partial charge in [0.15, 0.2) is 0 Å². The molecular weight excluding hydrogens is 421 g/mol. The van der Waals surface area contributed by atoms with Crippen molar-refractivity contribution >= 4 is 11.8 Å². The molecule has 8 nitrogen and oxygen atoms in total. The van der Waals surface area contributed by atoms with Gasteiger partial charge in [-0.05, 0) is 37.3 Å². The van der Waals surface area contributed by atoms with Gasteiger partial charge in [-0.2, -0.15) is 5.10 Å². The Hall–Kier alpha value is -4.01. The molecule has 1 saturated heterocycles. The zero-order valence-electron chi connectivity index (χ0n) is 18.5. The number of nitrogens with zero attached hydrogens (tertiary/aromatic N) is 7. The fourth-order valence-corrected chi connectivity index (χ4v) is 4.13. The lowest BCUT2D eigenvalue weighted by atomic mass is 10.2. The summed E-state index contributed by atoms with van der Waals surface area (Å²) in [7, 11) is 1.75. The summed E-state index contributed by atoms with van der Waals surface area (Å²) in [5.41, 5.74) is 2.95. The molecule has 1 fully saturated rings. The summed E-state index contributed by atoms with van der Waals surface area (Å²) in [6, 6.07) is 13.7. The summed E-state index contributed by atoms with van der Waals surface area (Å²) in [6.07, 6.45) is 3.38. The summed E-state index contributed by atoms with van der Waals surface area (Å²) >= 11 is 0. The second-order valence-corrected chi connectivity index (χ2v) is 8.08. The van der Waals surface area contributed by atoms with Crippen LogP contribution in [0.3, 0.4) is 0 Å². The molecule has 0 aliphatic carbocycles. The predicted octanol–water partition coefficient (Wildman–Crippen LogP) is 2.80. The molecule has 0 amide bonds. The Morgan fingerprint density at radius 1 is 0.939 bits per heavy atom. The average molecular weight is 446 g/mol. The molecule has 1 aliphatic heterocycles. The first kappa shape index (κ1) is 20.9. The maximum absolute atomic E-state index is 13.8. The first-order valence-corrected chi connectivity index (χ1v) is 10.8. The smallest absolute Gasteiger partial charge is 0.255 e. The van der Waals surface area contributed by atoms with Crippen molar-refractivity contribution < 1.29 is 4.39 Å². The molecule has 168 valence electrons. The molecule has 4 heterocycles. The molecule has 1 aromatic carbocycles. The van der Waals surface area contributed by atoms with Crippen LogP contribution in [0.4, 0.5) is 16.2 Å². The molecule has 0 saturated carbocycles. The maximum atomic E-state index is 13.8. The lowest BCUT2D eigenvalue weighted by Gasteiger charge is -2.37. The highest BCUT2D eigenvalue weighted by atomic mass is 19.1. The van der Waals surface area contributed by atoms with Crippen LogP contribution in [0.5, 0.6) is 0 Å². The largest absolute Gasteiger partial charge is 0.353 e. The van der Waals surface area contributed by atoms with E-state index in [0.29, 0.717) is 30.4 Å². The number of hydrogen-bond acceptors (Lipinski definition) is 6. The molecule has 9 heteroatoms. The third kappa shape index (κ3) is 4.09. The summed E-state index contributed by atoms with van der Waals surface area (Å²) in [5, 5.41) is 4.58. The molecule has 0 N–H and O–H groups in total. The van der Waals surface area contributed by atoms with Crippen LogP contribution in [0, 0.1) is 12.7 Å². The fourth-order valence-electron chi connectivity index (χ4n) is 4.13. The van der Waals surface area contributed by atoms with Crippen LogP contribution >= 0.6 is 0 Å². The number of halogens is 1. The van der Waals surface area contributed by atoms with Crippen LogP contribution in [0.2, 0.25) is 0 Å². The van der Waals surface area contributed by atoms with Crippen LogP contribution < -0.4 is 15.4 Å². The number of pyridine rings is 1. The van der Waals surface area contributed by atoms with Gasteiger partial charge in [-0.25, -0.2) is 14.1 Å². The molecule has 0 spiro atoms. The molecule has 0 bridgehead atoms. The molecule has 0 radical (unpaired) electrons. The Balaban J connectivity index is 1.40. The van der Waals surface area contributed by atoms with Crippen molar-refractivity contribution in [3.05, 3.63) is 82.8 Å². The van der Waals surface area contributed by atoms with Crippen LogP contribution in [-0.4, -0.2) is 50.5 Å². The monoisotopic (exact) mass is 445 g/mol. The summed E-state index contributed by atoms with van der Waals surface area (Å²) in [5.74, 6) is 1.27. The zero-order chi connectivity index (χ0) is 22.9. The van der Waals surface area contributed by atoms with Crippen LogP contribution in [0.15, 0.2) is 65.7 Å². The highest BCUT2D eigenvalue weighted by Crippen LogP contribution is 2.25. The van der Waals surface area contributed by atoms with E-state index in [4.69, 9.17) is 4.98 Å². The van der Waals surface area contributed by atoms with Gasteiger partial charge in [0.05, 0.1) is 17.1 Å². The average Bonchev–Trinajstić information content (AvgIpc) is 3.23. The zero-order valence-corrected chi connectivity index (χ0v) is 18.5. The first-order chi connectivity index (χ1) is 16.0. The van der Waals surface area contributed by atoms with E-state index in [0.717, 1.165) is 30.2 Å². The SMILES string of the molecule is Cc1cc(N2CCN(c3nc(-c4ccncc4)cc(=O)n3C)CC2)n(-c2cccc(F)c2)n1. The molecule has 3 aromatic heterocycles. The van der Waals surface area contributed by atoms with Crippen LogP contribution in [-0.2, 0) is 7.05 Å². The van der Waals surface area contributed by atoms with Crippen LogP contribution in [0.25, 0.3) is 16.9 Å². The minimum atomic E-state index is -0.294. The van der Waals surface area contributed by atoms with Crippen molar-refractivity contribution in [1.82, 2.24) is 24.3 Å². The molecular formula is C24H24FN7O. The predicted molar refractivity (Wildman–Crippen MR) is 125 cm³/mol. The van der Waals surface area contributed by atoms with E-state index in [-0.39, 0.29) is 11.4 Å². The topological polar surface area (TPSA) is 72.1 Å². The van der Waals surface area contributed by atoms with Crippen LogP contribution in [0.1, 0.15) is 5.69 Å². The van der Waals surface area contributed by atoms with Gasteiger partial charge < -0.3 is 9.80 Å². The Labute approximate surface area is 190 Å². The third-order valence-corrected chi connectivity index (χ3v) is 5.84. The first-order valence-electron chi connectivity index (χ1n) is 10.8. The minimum absolute atomic E-state index is 0.103. The second kappa shape index (κ2) is 8.50. The van der Waals surface area contributed by atoms with Crippen molar-refractivity contribution in [2.75, 3.05) is 36.0 Å². The highest BCUT2D eigenvalue weighted by Gasteiger charge is 2.24. The number of anilines is 2. The summed E-state index contributed by atoms with van der Waals surface area (Å²) < 4.78 is 17.2. The lowest BCUT2D eigenvalue weighted by molar-refractivity contribution is 0.607. The molecule has 5 rings (SSSR count). The van der Waals surface area contributed by atoms with Crippen molar-refractivity contribution in [3.63, 3.8) is 0 Å². The van der Waals surface area contributed by atoms with Gasteiger partial charge in [0.2, 0.25) is 5.95 Å². The minimum Gasteiger partial charge on any atom is -0.353 e. The Morgan fingerprint density at radius 3 is 2.39 bits per heavy atom. The van der Waals surface area contributed by atoms with E-state index in [9.17, 15) is 9.18 Å². The molecule has 0 atom stereocenters. The van der Waals surface area contributed by atoms with Gasteiger partial charge in [-0.15, -0.1) is 0 Å². The third-order valence-electron chi connectivity index (χ3n) is 5.84. The number of aryl methyl sites for hydroxylation is 1. The second-order valence-electron chi connectivity index (χ2n) is 8.08. The number of hydrogen-bond donors (Lipinski definition) is 0. The van der Waals surface area contributed by atoms with Crippen molar-refractivity contribution in [1.29, 1.82) is 0 Å². The number of rotatable bonds is 4. The summed E-state index contributed by atoms with van der Waals surface area (Å²) in [4.78, 5) is 25.8. The van der Waals surface area contributed by atoms with E-state index in [2.05, 4.69) is 19.9 Å². The molecule has 4 aromatic rings. The molecule has 33 heavy (non-hydrogen) atoms. The fraction of sp³-hybridized carbons (Fsp3) is 0.250. The number of piperazine rings is 1. The molecule has 1 aliphatic rings. The van der Waals surface area contributed by atoms with Gasteiger partial charge in [-0.1, -0.05) is 6.07 Å². The van der Waals surface area contributed by atoms with E-state index >= 15 is 0 Å². The molecule has 0 unspecified atom stereocenters. The number of benzene rings is 1. The van der Waals surface area contributed by atoms with Crippen molar-refractivity contribution in [3.8, 4) is 16.9 Å². The van der Waals surface area contributed by atoms with Gasteiger partial charge in [0, 0.05) is 63.3 Å². The van der Waals surface area contributed by atoms with E-state index in [1.165, 1.54) is 12.1 Å². The Kier molecular flexibility index (Phi) is 5.37. The Morgan fingerprint density at radius 2 is 1.67 bits per heavy atom. The van der Waals surface area contributed by atoms with Gasteiger partial charge >= 0.3 is 0 Å². The quantitative estimate of drug-likeness (QED) is 0.481. The normalized spacial score (nSPS) is 14.0. The van der Waals surface area contributed by atoms with E-state index in [1.54, 1.807) is 40.8 Å². The maximum Gasteiger partial charge on any atom is 0.255 e. The lowest BCUT2D eigenvalue weighted by Crippen LogP contribution is -2.48. The van der Waals surface area contributed by atoms with Gasteiger partial charge in [-0.3, -0.25) is 14.3 Å². The van der Waals surface area contributed by atoms with Gasteiger partial charge in [0.1, 0.15) is 11.6 Å². The standard InChI is InChI=1S/C24H24FN7O/c1-17-14-22(32(28-17)20-5-3-4-19(25)15-20)30-10-12-31(13-11-30)24-27-21(16-23(33)29(24)2)18-6-8-26-9-7-18/h3-9,14-16H,10-13H2,1-2H3. The van der Waals surface area contributed by atoms with E-state index in [1.807, 2.05) is 31.2 Å². The highest BCUT2D eigenvalue weighted by molar-refractivity contribution is 5.60. The summed E-state index contributed by atoms with van der Waals surface area (Å²) in [6.45, 7) is 4.74. The van der Waals surface area contributed by atoms with Gasteiger partial charge in [0.25, 0.3) is 5.56 Å². The Bertz CT molecular complexity index is 1340. The van der Waals surface area contributed by atoms with Crippen molar-refractivity contribution in [2.45, 2.75) is 6.92 Å².